The van der Waals surface area contributed by atoms with Gasteiger partial charge < -0.3 is 10.1 Å². The molecule has 0 aromatic heterocycles. The van der Waals surface area contributed by atoms with Crippen LogP contribution in [0, 0.1) is 11.7 Å². The van der Waals surface area contributed by atoms with Gasteiger partial charge in [0.25, 0.3) is 0 Å². The number of nitrogens with one attached hydrogen (secondary N) is 1. The van der Waals surface area contributed by atoms with Gasteiger partial charge in [0.05, 0.1) is 17.1 Å². The molecule has 1 fully saturated rings. The topological polar surface area (TPSA) is 75.7 Å². The van der Waals surface area contributed by atoms with Crippen molar-refractivity contribution in [3.8, 4) is 5.75 Å². The van der Waals surface area contributed by atoms with Crippen LogP contribution < -0.4 is 10.1 Å². The minimum absolute atomic E-state index is 0.0881. The summed E-state index contributed by atoms with van der Waals surface area (Å²) in [4.78, 5) is 12.6. The van der Waals surface area contributed by atoms with E-state index < -0.39 is 39.4 Å². The van der Waals surface area contributed by atoms with E-state index in [2.05, 4.69) is 5.32 Å². The predicted octanol–water partition coefficient (Wildman–Crippen LogP) is 4.28. The van der Waals surface area contributed by atoms with Crippen LogP contribution >= 0.6 is 0 Å². The number of alkyl halides is 3. The van der Waals surface area contributed by atoms with Crippen molar-refractivity contribution in [2.24, 2.45) is 5.92 Å². The van der Waals surface area contributed by atoms with E-state index in [1.165, 1.54) is 16.4 Å². The Hall–Kier alpha value is -2.66. The van der Waals surface area contributed by atoms with E-state index >= 15 is 0 Å². The predicted molar refractivity (Wildman–Crippen MR) is 109 cm³/mol. The summed E-state index contributed by atoms with van der Waals surface area (Å²) in [5, 5.41) is 2.37. The van der Waals surface area contributed by atoms with Gasteiger partial charge in [-0.1, -0.05) is 0 Å². The molecule has 174 valence electrons. The largest absolute Gasteiger partial charge is 0.494 e. The Labute approximate surface area is 183 Å². The van der Waals surface area contributed by atoms with Crippen molar-refractivity contribution in [1.82, 2.24) is 4.31 Å². The molecule has 32 heavy (non-hydrogen) atoms. The lowest BCUT2D eigenvalue weighted by Crippen LogP contribution is -2.41. The number of sulfonamides is 1. The van der Waals surface area contributed by atoms with Gasteiger partial charge in [-0.05, 0) is 62.2 Å². The van der Waals surface area contributed by atoms with Crippen LogP contribution in [0.3, 0.4) is 0 Å². The molecule has 3 rings (SSSR count). The van der Waals surface area contributed by atoms with Gasteiger partial charge in [-0.15, -0.1) is 0 Å². The standard InChI is InChI=1S/C21H22F4N2O4S/c1-2-31-16-4-6-17(7-5-16)32(29,30)27-11-9-14(10-12-27)20(28)26-15-3-8-19(22)18(13-15)21(23,24)25/h3-8,13-14H,2,9-12H2,1H3,(H,26,28). The Balaban J connectivity index is 1.62. The molecule has 0 aliphatic carbocycles. The first-order chi connectivity index (χ1) is 15.0. The third kappa shape index (κ3) is 5.39. The number of carbonyl (C=O) groups excluding carboxylic acids is 1. The molecule has 1 amide bonds. The highest BCUT2D eigenvalue weighted by Crippen LogP contribution is 2.33. The number of rotatable bonds is 6. The number of hydrogen-bond donors (Lipinski definition) is 1. The van der Waals surface area contributed by atoms with Gasteiger partial charge in [0.1, 0.15) is 11.6 Å². The Morgan fingerprint density at radius 1 is 1.12 bits per heavy atom. The van der Waals surface area contributed by atoms with Gasteiger partial charge in [-0.25, -0.2) is 12.8 Å². The number of hydrogen-bond acceptors (Lipinski definition) is 4. The molecule has 1 N–H and O–H groups in total. The van der Waals surface area contributed by atoms with Crippen LogP contribution in [-0.2, 0) is 21.0 Å². The molecule has 0 atom stereocenters. The number of benzene rings is 2. The Morgan fingerprint density at radius 3 is 2.31 bits per heavy atom. The van der Waals surface area contributed by atoms with Crippen LogP contribution in [0.15, 0.2) is 47.4 Å². The summed E-state index contributed by atoms with van der Waals surface area (Å²) in [6.45, 7) is 2.45. The summed E-state index contributed by atoms with van der Waals surface area (Å²) < 4.78 is 84.2. The van der Waals surface area contributed by atoms with Gasteiger partial charge >= 0.3 is 6.18 Å². The second kappa shape index (κ2) is 9.45. The monoisotopic (exact) mass is 474 g/mol. The van der Waals surface area contributed by atoms with Crippen LogP contribution in [0.4, 0.5) is 23.2 Å². The summed E-state index contributed by atoms with van der Waals surface area (Å²) in [6.07, 6.45) is -4.48. The van der Waals surface area contributed by atoms with E-state index in [1.54, 1.807) is 12.1 Å². The molecule has 11 heteroatoms. The first-order valence-electron chi connectivity index (χ1n) is 9.93. The van der Waals surface area contributed by atoms with Crippen molar-refractivity contribution in [3.63, 3.8) is 0 Å². The zero-order valence-electron chi connectivity index (χ0n) is 17.2. The third-order valence-electron chi connectivity index (χ3n) is 5.14. The first kappa shape index (κ1) is 24.0. The molecule has 0 radical (unpaired) electrons. The molecule has 0 unspecified atom stereocenters. The molecule has 1 aliphatic heterocycles. The van der Waals surface area contributed by atoms with E-state index in [0.29, 0.717) is 24.5 Å². The van der Waals surface area contributed by atoms with E-state index in [1.807, 2.05) is 6.92 Å². The fourth-order valence-electron chi connectivity index (χ4n) is 3.45. The number of nitrogens with zero attached hydrogens (tertiary/aromatic N) is 1. The molecule has 2 aromatic rings. The summed E-state index contributed by atoms with van der Waals surface area (Å²) >= 11 is 0. The first-order valence-corrected chi connectivity index (χ1v) is 11.4. The van der Waals surface area contributed by atoms with Gasteiger partial charge in [0.15, 0.2) is 0 Å². The maximum Gasteiger partial charge on any atom is 0.419 e. The lowest BCUT2D eigenvalue weighted by Gasteiger charge is -2.30. The number of anilines is 1. The average Bonchev–Trinajstić information content (AvgIpc) is 2.75. The quantitative estimate of drug-likeness (QED) is 0.634. The van der Waals surface area contributed by atoms with Crippen molar-refractivity contribution in [2.75, 3.05) is 25.0 Å². The summed E-state index contributed by atoms with van der Waals surface area (Å²) in [7, 11) is -3.75. The van der Waals surface area contributed by atoms with Gasteiger partial charge in [0.2, 0.25) is 15.9 Å². The molecule has 1 heterocycles. The number of carbonyl (C=O) groups is 1. The highest BCUT2D eigenvalue weighted by Gasteiger charge is 2.35. The fourth-order valence-corrected chi connectivity index (χ4v) is 4.92. The minimum Gasteiger partial charge on any atom is -0.494 e. The van der Waals surface area contributed by atoms with Gasteiger partial charge in [-0.2, -0.15) is 17.5 Å². The smallest absolute Gasteiger partial charge is 0.419 e. The molecule has 2 aromatic carbocycles. The van der Waals surface area contributed by atoms with Crippen LogP contribution in [0.1, 0.15) is 25.3 Å². The van der Waals surface area contributed by atoms with E-state index in [4.69, 9.17) is 4.74 Å². The maximum atomic E-state index is 13.4. The van der Waals surface area contributed by atoms with Crippen molar-refractivity contribution >= 4 is 21.6 Å². The zero-order valence-corrected chi connectivity index (χ0v) is 18.0. The van der Waals surface area contributed by atoms with Crippen molar-refractivity contribution < 1.29 is 35.5 Å². The maximum absolute atomic E-state index is 13.4. The average molecular weight is 474 g/mol. The SMILES string of the molecule is CCOc1ccc(S(=O)(=O)N2CCC(C(=O)Nc3ccc(F)c(C(F)(F)F)c3)CC2)cc1. The summed E-state index contributed by atoms with van der Waals surface area (Å²) in [5.41, 5.74) is -1.64. The van der Waals surface area contributed by atoms with Crippen LogP contribution in [-0.4, -0.2) is 38.3 Å². The van der Waals surface area contributed by atoms with E-state index in [9.17, 15) is 30.8 Å². The van der Waals surface area contributed by atoms with Crippen LogP contribution in [0.5, 0.6) is 5.75 Å². The molecular weight excluding hydrogens is 452 g/mol. The lowest BCUT2D eigenvalue weighted by molar-refractivity contribution is -0.140. The van der Waals surface area contributed by atoms with Crippen molar-refractivity contribution in [1.29, 1.82) is 0 Å². The number of ether oxygens (including phenoxy) is 1. The minimum atomic E-state index is -4.88. The number of halogens is 4. The fraction of sp³-hybridized carbons (Fsp3) is 0.381. The summed E-state index contributed by atoms with van der Waals surface area (Å²) in [6, 6.07) is 8.26. The zero-order chi connectivity index (χ0) is 23.5. The normalized spacial score (nSPS) is 16.0. The Bertz CT molecular complexity index is 1060. The molecule has 0 saturated carbocycles. The van der Waals surface area contributed by atoms with Crippen molar-refractivity contribution in [3.05, 3.63) is 53.8 Å². The lowest BCUT2D eigenvalue weighted by atomic mass is 9.97. The molecule has 0 bridgehead atoms. The second-order valence-electron chi connectivity index (χ2n) is 7.26. The molecule has 1 aliphatic rings. The van der Waals surface area contributed by atoms with E-state index in [-0.39, 0.29) is 36.5 Å². The highest BCUT2D eigenvalue weighted by atomic mass is 32.2. The molecular formula is C21H22F4N2O4S. The van der Waals surface area contributed by atoms with E-state index in [0.717, 1.165) is 6.07 Å². The second-order valence-corrected chi connectivity index (χ2v) is 9.20. The molecule has 6 nitrogen and oxygen atoms in total. The highest BCUT2D eigenvalue weighted by molar-refractivity contribution is 7.89. The molecule has 1 saturated heterocycles. The summed E-state index contributed by atoms with van der Waals surface area (Å²) in [5.74, 6) is -2.00. The Morgan fingerprint density at radius 2 is 1.75 bits per heavy atom. The number of piperidine rings is 1. The van der Waals surface area contributed by atoms with Gasteiger partial charge in [0, 0.05) is 24.7 Å². The number of amides is 1. The van der Waals surface area contributed by atoms with Gasteiger partial charge in [-0.3, -0.25) is 4.79 Å². The van der Waals surface area contributed by atoms with Crippen molar-refractivity contribution in [2.45, 2.75) is 30.8 Å². The Kier molecular flexibility index (Phi) is 7.09. The van der Waals surface area contributed by atoms with Crippen LogP contribution in [0.2, 0.25) is 0 Å². The molecule has 0 spiro atoms. The van der Waals surface area contributed by atoms with Crippen LogP contribution in [0.25, 0.3) is 0 Å². The third-order valence-corrected chi connectivity index (χ3v) is 7.05.